The molecule has 40 heavy (non-hydrogen) atoms. The second kappa shape index (κ2) is 11.5. The van der Waals surface area contributed by atoms with Crippen molar-refractivity contribution in [2.75, 3.05) is 18.1 Å². The van der Waals surface area contributed by atoms with Gasteiger partial charge < -0.3 is 15.2 Å². The number of para-hydroxylation sites is 1. The Kier molecular flexibility index (Phi) is 7.84. The van der Waals surface area contributed by atoms with Gasteiger partial charge in [-0.25, -0.2) is 9.18 Å². The largest absolute Gasteiger partial charge is 0.465 e. The highest BCUT2D eigenvalue weighted by molar-refractivity contribution is 7.10. The van der Waals surface area contributed by atoms with Gasteiger partial charge in [0.2, 0.25) is 0 Å². The molecule has 3 aromatic rings. The van der Waals surface area contributed by atoms with Crippen molar-refractivity contribution in [3.05, 3.63) is 111 Å². The van der Waals surface area contributed by atoms with E-state index >= 15 is 0 Å². The Labute approximate surface area is 235 Å². The summed E-state index contributed by atoms with van der Waals surface area (Å²) >= 11 is 1.46. The van der Waals surface area contributed by atoms with Gasteiger partial charge in [0, 0.05) is 27.8 Å². The lowest BCUT2D eigenvalue weighted by Crippen LogP contribution is -2.46. The molecule has 2 aromatic carbocycles. The fourth-order valence-electron chi connectivity index (χ4n) is 5.57. The van der Waals surface area contributed by atoms with Crippen LogP contribution in [-0.2, 0) is 23.9 Å². The molecule has 0 saturated carbocycles. The zero-order valence-corrected chi connectivity index (χ0v) is 23.0. The molecule has 0 saturated heterocycles. The fourth-order valence-corrected chi connectivity index (χ4v) is 6.44. The number of thiophene rings is 1. The molecule has 0 radical (unpaired) electrons. The van der Waals surface area contributed by atoms with Crippen LogP contribution in [0.1, 0.15) is 42.5 Å². The number of ether oxygens (including phenoxy) is 2. The van der Waals surface area contributed by atoms with Crippen molar-refractivity contribution in [2.45, 2.75) is 32.1 Å². The first-order chi connectivity index (χ1) is 19.4. The van der Waals surface area contributed by atoms with Crippen LogP contribution < -0.4 is 10.6 Å². The van der Waals surface area contributed by atoms with Crippen LogP contribution in [0.3, 0.4) is 0 Å². The third kappa shape index (κ3) is 4.81. The first-order valence-electron chi connectivity index (χ1n) is 13.1. The Hall–Kier alpha value is -4.24. The van der Waals surface area contributed by atoms with Gasteiger partial charge in [0.25, 0.3) is 0 Å². The average Bonchev–Trinajstić information content (AvgIpc) is 3.48. The summed E-state index contributed by atoms with van der Waals surface area (Å²) in [7, 11) is 0. The molecule has 1 aliphatic heterocycles. The minimum Gasteiger partial charge on any atom is -0.465 e. The van der Waals surface area contributed by atoms with Gasteiger partial charge in [-0.05, 0) is 61.5 Å². The van der Waals surface area contributed by atoms with Gasteiger partial charge >= 0.3 is 11.9 Å². The Morgan fingerprint density at radius 1 is 1.00 bits per heavy atom. The number of hydrogen-bond acceptors (Lipinski definition) is 8. The summed E-state index contributed by atoms with van der Waals surface area (Å²) in [6.07, 6.45) is 0.286. The van der Waals surface area contributed by atoms with Crippen LogP contribution in [-0.4, -0.2) is 30.9 Å². The number of nitrogens with two attached hydrogens (primary N) is 1. The topological polar surface area (TPSA) is 98.9 Å². The number of carbonyl (C=O) groups is 3. The van der Waals surface area contributed by atoms with Gasteiger partial charge in [0.15, 0.2) is 5.78 Å². The molecule has 0 amide bonds. The molecule has 3 atom stereocenters. The minimum absolute atomic E-state index is 0.0570. The number of hydrogen-bond donors (Lipinski definition) is 1. The highest BCUT2D eigenvalue weighted by Crippen LogP contribution is 2.52. The summed E-state index contributed by atoms with van der Waals surface area (Å²) in [6.45, 7) is 3.57. The normalized spacial score (nSPS) is 20.8. The van der Waals surface area contributed by atoms with E-state index in [2.05, 4.69) is 0 Å². The van der Waals surface area contributed by atoms with Gasteiger partial charge in [-0.3, -0.25) is 14.5 Å². The zero-order valence-electron chi connectivity index (χ0n) is 22.1. The first kappa shape index (κ1) is 27.3. The lowest BCUT2D eigenvalue weighted by atomic mass is 9.68. The minimum atomic E-state index is -1.12. The molecule has 0 unspecified atom stereocenters. The summed E-state index contributed by atoms with van der Waals surface area (Å²) in [5.41, 5.74) is 8.82. The predicted octanol–water partition coefficient (Wildman–Crippen LogP) is 5.41. The lowest BCUT2D eigenvalue weighted by molar-refractivity contribution is -0.152. The molecule has 2 heterocycles. The monoisotopic (exact) mass is 560 g/mol. The Morgan fingerprint density at radius 3 is 2.33 bits per heavy atom. The molecular weight excluding hydrogens is 531 g/mol. The number of ketones is 1. The maximum absolute atomic E-state index is 14.6. The second-order valence-corrected chi connectivity index (χ2v) is 10.4. The number of Topliss-reactive ketones (excluding diaryl/α,β-unsaturated/α-hetero) is 1. The summed E-state index contributed by atoms with van der Waals surface area (Å²) in [6, 6.07) is 18.5. The second-order valence-electron chi connectivity index (χ2n) is 9.46. The van der Waals surface area contributed by atoms with E-state index in [-0.39, 0.29) is 36.6 Å². The highest BCUT2D eigenvalue weighted by atomic mass is 32.1. The highest BCUT2D eigenvalue weighted by Gasteiger charge is 2.51. The van der Waals surface area contributed by atoms with Crippen molar-refractivity contribution in [1.29, 1.82) is 0 Å². The van der Waals surface area contributed by atoms with E-state index < -0.39 is 41.3 Å². The number of carbonyl (C=O) groups excluding carboxylic acids is 3. The molecule has 9 heteroatoms. The van der Waals surface area contributed by atoms with Crippen LogP contribution in [0.25, 0.3) is 0 Å². The summed E-state index contributed by atoms with van der Waals surface area (Å²) in [5.74, 6) is -4.71. The first-order valence-corrected chi connectivity index (χ1v) is 14.0. The third-order valence-corrected chi connectivity index (χ3v) is 8.21. The predicted molar refractivity (Wildman–Crippen MR) is 150 cm³/mol. The van der Waals surface area contributed by atoms with E-state index in [0.717, 1.165) is 4.88 Å². The number of allylic oxidation sites excluding steroid dienone is 2. The third-order valence-electron chi connectivity index (χ3n) is 7.20. The Bertz CT molecular complexity index is 1480. The Balaban J connectivity index is 1.80. The van der Waals surface area contributed by atoms with Gasteiger partial charge in [-0.2, -0.15) is 0 Å². The lowest BCUT2D eigenvalue weighted by Gasteiger charge is -2.43. The molecular formula is C31H29FN2O5S. The van der Waals surface area contributed by atoms with Gasteiger partial charge in [0.1, 0.15) is 17.6 Å². The molecule has 7 nitrogen and oxygen atoms in total. The van der Waals surface area contributed by atoms with Crippen molar-refractivity contribution < 1.29 is 28.2 Å². The van der Waals surface area contributed by atoms with E-state index in [0.29, 0.717) is 16.9 Å². The molecule has 0 fully saturated rings. The van der Waals surface area contributed by atoms with Crippen LogP contribution in [0.5, 0.6) is 0 Å². The van der Waals surface area contributed by atoms with Crippen LogP contribution in [0.4, 0.5) is 10.1 Å². The van der Waals surface area contributed by atoms with E-state index in [1.54, 1.807) is 18.7 Å². The average molecular weight is 561 g/mol. The van der Waals surface area contributed by atoms with E-state index in [9.17, 15) is 18.8 Å². The number of anilines is 1. The van der Waals surface area contributed by atoms with Gasteiger partial charge in [-0.15, -0.1) is 11.3 Å². The van der Waals surface area contributed by atoms with Gasteiger partial charge in [0.05, 0.1) is 24.7 Å². The standard InChI is InChI=1S/C31H29FN2O5S/c1-3-38-30(36)25-21(23-11-8-16-40-23)17-22-26(28(25)35)24(18-12-14-19(32)15-13-18)27(31(37)39-4-2)29(33)34(22)20-9-6-5-7-10-20/h5-16,21,24-25H,3-4,17,33H2,1-2H3/t21-,24+,25-/m1/s1. The van der Waals surface area contributed by atoms with Crippen LogP contribution in [0, 0.1) is 11.7 Å². The van der Waals surface area contributed by atoms with Crippen LogP contribution in [0.15, 0.2) is 94.8 Å². The summed E-state index contributed by atoms with van der Waals surface area (Å²) in [4.78, 5) is 44.0. The van der Waals surface area contributed by atoms with E-state index in [1.807, 2.05) is 47.8 Å². The molecule has 2 aliphatic rings. The molecule has 0 bridgehead atoms. The molecule has 1 aromatic heterocycles. The maximum Gasteiger partial charge on any atom is 0.338 e. The van der Waals surface area contributed by atoms with Gasteiger partial charge in [-0.1, -0.05) is 36.4 Å². The summed E-state index contributed by atoms with van der Waals surface area (Å²) in [5, 5.41) is 1.90. The fraction of sp³-hybridized carbons (Fsp3) is 0.258. The van der Waals surface area contributed by atoms with Crippen molar-refractivity contribution in [2.24, 2.45) is 11.7 Å². The number of esters is 2. The quantitative estimate of drug-likeness (QED) is 0.305. The number of benzene rings is 2. The number of nitrogens with zero attached hydrogens (tertiary/aromatic N) is 1. The smallest absolute Gasteiger partial charge is 0.338 e. The van der Waals surface area contributed by atoms with Crippen LogP contribution in [0.2, 0.25) is 0 Å². The maximum atomic E-state index is 14.6. The Morgan fingerprint density at radius 2 is 1.70 bits per heavy atom. The molecule has 2 N–H and O–H groups in total. The molecule has 0 spiro atoms. The van der Waals surface area contributed by atoms with Crippen LogP contribution >= 0.6 is 11.3 Å². The van der Waals surface area contributed by atoms with E-state index in [1.165, 1.54) is 35.6 Å². The van der Waals surface area contributed by atoms with Crippen molar-refractivity contribution in [3.8, 4) is 0 Å². The van der Waals surface area contributed by atoms with Crippen molar-refractivity contribution in [3.63, 3.8) is 0 Å². The van der Waals surface area contributed by atoms with E-state index in [4.69, 9.17) is 15.2 Å². The number of halogens is 1. The summed E-state index contributed by atoms with van der Waals surface area (Å²) < 4.78 is 24.8. The molecule has 5 rings (SSSR count). The molecule has 206 valence electrons. The van der Waals surface area contributed by atoms with Crippen molar-refractivity contribution >= 4 is 34.7 Å². The van der Waals surface area contributed by atoms with Crippen molar-refractivity contribution in [1.82, 2.24) is 0 Å². The SMILES string of the molecule is CCOC(=O)C1=C(N)N(c2ccccc2)C2=C(C(=O)[C@H](C(=O)OCC)[C@@H](c3cccs3)C2)[C@@H]1c1ccc(F)cc1. The number of rotatable bonds is 7. The zero-order chi connectivity index (χ0) is 28.4. The molecule has 1 aliphatic carbocycles.